The number of thioether (sulfide) groups is 1. The second-order valence-electron chi connectivity index (χ2n) is 5.65. The van der Waals surface area contributed by atoms with Gasteiger partial charge in [-0.05, 0) is 38.8 Å². The Labute approximate surface area is 131 Å². The number of allylic oxidation sites excluding steroid dienone is 1. The van der Waals surface area contributed by atoms with E-state index in [9.17, 15) is 4.79 Å². The predicted octanol–water partition coefficient (Wildman–Crippen LogP) is 3.41. The molecule has 21 heavy (non-hydrogen) atoms. The summed E-state index contributed by atoms with van der Waals surface area (Å²) in [6.45, 7) is 8.68. The zero-order valence-electron chi connectivity index (χ0n) is 13.2. The minimum absolute atomic E-state index is 0.164. The highest BCUT2D eigenvalue weighted by Gasteiger charge is 2.23. The minimum atomic E-state index is 0.164. The van der Waals surface area contributed by atoms with Crippen LogP contribution in [0.3, 0.4) is 0 Å². The molecule has 0 fully saturated rings. The highest BCUT2D eigenvalue weighted by molar-refractivity contribution is 8.03. The molecule has 0 radical (unpaired) electrons. The molecule has 0 saturated heterocycles. The van der Waals surface area contributed by atoms with Crippen LogP contribution in [-0.2, 0) is 0 Å². The van der Waals surface area contributed by atoms with Gasteiger partial charge in [-0.3, -0.25) is 4.79 Å². The Balaban J connectivity index is 2.17. The first-order valence-electron chi connectivity index (χ1n) is 7.23. The number of Topliss-reactive ketones (excluding diaryl/α,β-unsaturated/α-hetero) is 1. The van der Waals surface area contributed by atoms with Gasteiger partial charge in [-0.1, -0.05) is 17.7 Å². The molecule has 1 heterocycles. The third-order valence-electron chi connectivity index (χ3n) is 3.90. The molecule has 1 aromatic carbocycles. The van der Waals surface area contributed by atoms with Gasteiger partial charge < -0.3 is 10.0 Å². The van der Waals surface area contributed by atoms with Gasteiger partial charge in [-0.25, -0.2) is 0 Å². The fraction of sp³-hybridized carbons (Fsp3) is 0.471. The van der Waals surface area contributed by atoms with Gasteiger partial charge in [0.1, 0.15) is 0 Å². The molecule has 1 N–H and O–H groups in total. The summed E-state index contributed by atoms with van der Waals surface area (Å²) in [4.78, 5) is 15.9. The summed E-state index contributed by atoms with van der Waals surface area (Å²) in [6, 6.07) is 4.14. The Morgan fingerprint density at radius 3 is 2.43 bits per heavy atom. The largest absolute Gasteiger partial charge is 0.396 e. The van der Waals surface area contributed by atoms with Crippen LogP contribution in [0.5, 0.6) is 0 Å². The minimum Gasteiger partial charge on any atom is -0.396 e. The lowest BCUT2D eigenvalue weighted by atomic mass is 9.96. The molecule has 4 heteroatoms. The zero-order valence-corrected chi connectivity index (χ0v) is 14.0. The van der Waals surface area contributed by atoms with E-state index in [4.69, 9.17) is 5.11 Å². The van der Waals surface area contributed by atoms with Gasteiger partial charge in [0, 0.05) is 29.2 Å². The lowest BCUT2D eigenvalue weighted by Crippen LogP contribution is -2.26. The molecule has 0 atom stereocenters. The highest BCUT2D eigenvalue weighted by Crippen LogP contribution is 2.33. The molecule has 2 rings (SSSR count). The first-order chi connectivity index (χ1) is 9.93. The maximum absolute atomic E-state index is 12.6. The van der Waals surface area contributed by atoms with Gasteiger partial charge >= 0.3 is 0 Å². The van der Waals surface area contributed by atoms with E-state index in [1.165, 1.54) is 10.5 Å². The Kier molecular flexibility index (Phi) is 5.12. The van der Waals surface area contributed by atoms with Crippen LogP contribution in [-0.4, -0.2) is 34.8 Å². The van der Waals surface area contributed by atoms with Crippen molar-refractivity contribution in [3.8, 4) is 0 Å². The molecule has 1 aromatic rings. The molecule has 114 valence electrons. The summed E-state index contributed by atoms with van der Waals surface area (Å²) in [7, 11) is 0. The average molecular weight is 305 g/mol. The number of carbonyl (C=O) groups excluding carboxylic acids is 1. The molecular formula is C17H23NO2S. The number of ketones is 1. The second-order valence-corrected chi connectivity index (χ2v) is 6.69. The highest BCUT2D eigenvalue weighted by atomic mass is 32.2. The number of rotatable bonds is 5. The number of nitrogens with zero attached hydrogens (tertiary/aromatic N) is 1. The first-order valence-corrected chi connectivity index (χ1v) is 8.22. The number of hydrogen-bond donors (Lipinski definition) is 1. The van der Waals surface area contributed by atoms with Gasteiger partial charge in [-0.2, -0.15) is 0 Å². The monoisotopic (exact) mass is 305 g/mol. The van der Waals surface area contributed by atoms with Crippen LogP contribution in [0.1, 0.15) is 40.4 Å². The summed E-state index contributed by atoms with van der Waals surface area (Å²) in [5, 5.41) is 9.06. The summed E-state index contributed by atoms with van der Waals surface area (Å²) < 4.78 is 0. The Morgan fingerprint density at radius 1 is 1.24 bits per heavy atom. The standard InChI is InChI=1S/C17H23NO2S/c1-11-7-12(2)17(13(3)8-11)15(20)9-18-10-21-16(5-6-19)14(18)4/h7-8,19H,5-6,9-10H2,1-4H3. The maximum Gasteiger partial charge on any atom is 0.182 e. The Hall–Kier alpha value is -1.26. The SMILES string of the molecule is CC1=C(CCO)SCN1CC(=O)c1c(C)cc(C)cc1C. The fourth-order valence-electron chi connectivity index (χ4n) is 2.92. The zero-order chi connectivity index (χ0) is 15.6. The lowest BCUT2D eigenvalue weighted by Gasteiger charge is -2.20. The van der Waals surface area contributed by atoms with Crippen molar-refractivity contribution in [3.05, 3.63) is 45.0 Å². The summed E-state index contributed by atoms with van der Waals surface area (Å²) >= 11 is 1.72. The molecule has 3 nitrogen and oxygen atoms in total. The second kappa shape index (κ2) is 6.67. The van der Waals surface area contributed by atoms with Crippen LogP contribution in [0.4, 0.5) is 0 Å². The van der Waals surface area contributed by atoms with Gasteiger partial charge in [0.2, 0.25) is 0 Å². The molecule has 0 saturated carbocycles. The summed E-state index contributed by atoms with van der Waals surface area (Å²) in [6.07, 6.45) is 0.684. The molecule has 1 aliphatic rings. The summed E-state index contributed by atoms with van der Waals surface area (Å²) in [5.74, 6) is 0.979. The van der Waals surface area contributed by atoms with E-state index in [0.29, 0.717) is 13.0 Å². The number of aliphatic hydroxyl groups excluding tert-OH is 1. The molecule has 0 amide bonds. The van der Waals surface area contributed by atoms with Crippen molar-refractivity contribution in [1.82, 2.24) is 4.90 Å². The van der Waals surface area contributed by atoms with Crippen LogP contribution in [0.2, 0.25) is 0 Å². The fourth-order valence-corrected chi connectivity index (χ4v) is 4.09. The normalized spacial score (nSPS) is 15.0. The molecule has 0 spiro atoms. The van der Waals surface area contributed by atoms with Crippen LogP contribution in [0, 0.1) is 20.8 Å². The maximum atomic E-state index is 12.6. The Bertz CT molecular complexity index is 569. The van der Waals surface area contributed by atoms with Crippen molar-refractivity contribution in [2.75, 3.05) is 19.0 Å². The third-order valence-corrected chi connectivity index (χ3v) is 5.19. The van der Waals surface area contributed by atoms with E-state index in [1.807, 2.05) is 20.8 Å². The van der Waals surface area contributed by atoms with Crippen LogP contribution >= 0.6 is 11.8 Å². The van der Waals surface area contributed by atoms with Crippen molar-refractivity contribution in [3.63, 3.8) is 0 Å². The van der Waals surface area contributed by atoms with Crippen molar-refractivity contribution in [2.24, 2.45) is 0 Å². The Morgan fingerprint density at radius 2 is 1.86 bits per heavy atom. The number of hydrogen-bond acceptors (Lipinski definition) is 4. The number of carbonyl (C=O) groups is 1. The van der Waals surface area contributed by atoms with E-state index in [1.54, 1.807) is 11.8 Å². The van der Waals surface area contributed by atoms with Gasteiger partial charge in [0.25, 0.3) is 0 Å². The average Bonchev–Trinajstić information content (AvgIpc) is 2.71. The molecule has 0 bridgehead atoms. The van der Waals surface area contributed by atoms with Gasteiger partial charge in [0.05, 0.1) is 12.4 Å². The third kappa shape index (κ3) is 3.50. The summed E-state index contributed by atoms with van der Waals surface area (Å²) in [5.41, 5.74) is 5.29. The van der Waals surface area contributed by atoms with Crippen LogP contribution < -0.4 is 0 Å². The van der Waals surface area contributed by atoms with Crippen molar-refractivity contribution < 1.29 is 9.90 Å². The molecule has 0 unspecified atom stereocenters. The smallest absolute Gasteiger partial charge is 0.182 e. The van der Waals surface area contributed by atoms with Crippen molar-refractivity contribution in [2.45, 2.75) is 34.1 Å². The number of benzene rings is 1. The molecule has 0 aromatic heterocycles. The van der Waals surface area contributed by atoms with Gasteiger partial charge in [0.15, 0.2) is 5.78 Å². The quantitative estimate of drug-likeness (QED) is 0.846. The van der Waals surface area contributed by atoms with Crippen LogP contribution in [0.15, 0.2) is 22.7 Å². The van der Waals surface area contributed by atoms with E-state index in [-0.39, 0.29) is 12.4 Å². The topological polar surface area (TPSA) is 40.5 Å². The lowest BCUT2D eigenvalue weighted by molar-refractivity contribution is 0.0957. The van der Waals surface area contributed by atoms with Gasteiger partial charge in [-0.15, -0.1) is 11.8 Å². The predicted molar refractivity (Wildman–Crippen MR) is 88.6 cm³/mol. The van der Waals surface area contributed by atoms with E-state index in [2.05, 4.69) is 24.0 Å². The molecular weight excluding hydrogens is 282 g/mol. The first kappa shape index (κ1) is 16.1. The molecule has 0 aliphatic carbocycles. The van der Waals surface area contributed by atoms with Crippen molar-refractivity contribution in [1.29, 1.82) is 0 Å². The van der Waals surface area contributed by atoms with E-state index >= 15 is 0 Å². The van der Waals surface area contributed by atoms with Crippen LogP contribution in [0.25, 0.3) is 0 Å². The molecule has 1 aliphatic heterocycles. The van der Waals surface area contributed by atoms with Crippen molar-refractivity contribution >= 4 is 17.5 Å². The van der Waals surface area contributed by atoms with E-state index in [0.717, 1.165) is 28.3 Å². The number of aryl methyl sites for hydroxylation is 3. The number of aliphatic hydroxyl groups is 1. The van der Waals surface area contributed by atoms with E-state index < -0.39 is 0 Å².